The minimum atomic E-state index is -0.371. The van der Waals surface area contributed by atoms with Gasteiger partial charge in [0, 0.05) is 5.56 Å². The Balaban J connectivity index is 2.19. The third-order valence-electron chi connectivity index (χ3n) is 3.13. The van der Waals surface area contributed by atoms with Gasteiger partial charge in [-0.2, -0.15) is 0 Å². The molecule has 0 aliphatic rings. The normalized spacial score (nSPS) is 10.2. The van der Waals surface area contributed by atoms with Crippen molar-refractivity contribution >= 4 is 55.1 Å². The first kappa shape index (κ1) is 17.9. The van der Waals surface area contributed by atoms with E-state index in [2.05, 4.69) is 49.4 Å². The smallest absolute Gasteiger partial charge is 0.257 e. The average molecular weight is 458 g/mol. The Morgan fingerprint density at radius 3 is 2.43 bits per heavy atom. The van der Waals surface area contributed by atoms with Gasteiger partial charge in [0.2, 0.25) is 0 Å². The summed E-state index contributed by atoms with van der Waals surface area (Å²) >= 11 is 11.5. The quantitative estimate of drug-likeness (QED) is 0.679. The van der Waals surface area contributed by atoms with Gasteiger partial charge in [0.05, 0.1) is 8.95 Å². The molecule has 0 radical (unpaired) electrons. The fraction of sp³-hybridized carbons (Fsp3) is 0.125. The minimum Gasteiger partial charge on any atom is -0.487 e. The van der Waals surface area contributed by atoms with E-state index in [0.717, 1.165) is 11.1 Å². The summed E-state index contributed by atoms with van der Waals surface area (Å²) in [4.78, 5) is 11.9. The first-order chi connectivity index (χ1) is 10.9. The van der Waals surface area contributed by atoms with E-state index in [1.54, 1.807) is 12.1 Å². The standard InChI is InChI=1S/C16H14Br2N2O2S/c1-9-4-2-3-5-10(9)8-22-14-12(17)6-11(7-13(14)18)15(21)20-16(19)23/h2-7H,8H2,1H3,(H3,19,20,21,23). The summed E-state index contributed by atoms with van der Waals surface area (Å²) in [6, 6.07) is 11.3. The maximum atomic E-state index is 11.9. The molecule has 0 unspecified atom stereocenters. The molecule has 1 amide bonds. The van der Waals surface area contributed by atoms with Crippen LogP contribution in [-0.2, 0) is 6.61 Å². The Labute approximate surface area is 156 Å². The van der Waals surface area contributed by atoms with Gasteiger partial charge >= 0.3 is 0 Å². The van der Waals surface area contributed by atoms with E-state index < -0.39 is 0 Å². The van der Waals surface area contributed by atoms with E-state index >= 15 is 0 Å². The number of nitrogens with one attached hydrogen (secondary N) is 1. The lowest BCUT2D eigenvalue weighted by molar-refractivity contribution is 0.0977. The van der Waals surface area contributed by atoms with Crippen molar-refractivity contribution in [2.45, 2.75) is 13.5 Å². The second-order valence-corrected chi connectivity index (χ2v) is 6.95. The SMILES string of the molecule is Cc1ccccc1COc1c(Br)cc(C(=O)NC(N)=S)cc1Br. The molecule has 3 N–H and O–H groups in total. The number of carbonyl (C=O) groups is 1. The number of aryl methyl sites for hydroxylation is 1. The molecule has 0 aliphatic heterocycles. The third-order valence-corrected chi connectivity index (χ3v) is 4.41. The summed E-state index contributed by atoms with van der Waals surface area (Å²) in [7, 11) is 0. The summed E-state index contributed by atoms with van der Waals surface area (Å²) in [6.45, 7) is 2.47. The van der Waals surface area contributed by atoms with Crippen LogP contribution in [0.5, 0.6) is 5.75 Å². The molecule has 0 aromatic heterocycles. The Hall–Kier alpha value is -1.44. The molecule has 4 nitrogen and oxygen atoms in total. The molecule has 0 atom stereocenters. The molecule has 0 aliphatic carbocycles. The molecule has 0 saturated heterocycles. The van der Waals surface area contributed by atoms with Crippen LogP contribution in [0.1, 0.15) is 21.5 Å². The fourth-order valence-electron chi connectivity index (χ4n) is 1.93. The lowest BCUT2D eigenvalue weighted by atomic mass is 10.1. The predicted molar refractivity (Wildman–Crippen MR) is 102 cm³/mol. The monoisotopic (exact) mass is 456 g/mol. The summed E-state index contributed by atoms with van der Waals surface area (Å²) in [5.41, 5.74) is 7.99. The van der Waals surface area contributed by atoms with E-state index in [9.17, 15) is 4.79 Å². The van der Waals surface area contributed by atoms with E-state index in [1.807, 2.05) is 31.2 Å². The molecule has 0 saturated carbocycles. The van der Waals surface area contributed by atoms with Crippen molar-refractivity contribution in [2.24, 2.45) is 5.73 Å². The highest BCUT2D eigenvalue weighted by Gasteiger charge is 2.14. The Bertz CT molecular complexity index is 742. The zero-order valence-corrected chi connectivity index (χ0v) is 16.2. The van der Waals surface area contributed by atoms with Gasteiger partial charge < -0.3 is 10.5 Å². The molecule has 0 bridgehead atoms. The van der Waals surface area contributed by atoms with Crippen molar-refractivity contribution in [1.29, 1.82) is 0 Å². The maximum absolute atomic E-state index is 11.9. The van der Waals surface area contributed by atoms with Crippen molar-refractivity contribution < 1.29 is 9.53 Å². The van der Waals surface area contributed by atoms with Gasteiger partial charge in [-0.15, -0.1) is 0 Å². The average Bonchev–Trinajstić information content (AvgIpc) is 2.47. The molecule has 23 heavy (non-hydrogen) atoms. The van der Waals surface area contributed by atoms with Gasteiger partial charge in [0.25, 0.3) is 5.91 Å². The van der Waals surface area contributed by atoms with Crippen LogP contribution in [0, 0.1) is 6.92 Å². The first-order valence-corrected chi connectivity index (χ1v) is 8.65. The van der Waals surface area contributed by atoms with Gasteiger partial charge in [-0.25, -0.2) is 0 Å². The highest BCUT2D eigenvalue weighted by Crippen LogP contribution is 2.35. The van der Waals surface area contributed by atoms with Crippen LogP contribution in [0.25, 0.3) is 0 Å². The summed E-state index contributed by atoms with van der Waals surface area (Å²) in [5.74, 6) is 0.254. The van der Waals surface area contributed by atoms with Gasteiger partial charge in [-0.3, -0.25) is 10.1 Å². The van der Waals surface area contributed by atoms with Gasteiger partial charge in [-0.1, -0.05) is 24.3 Å². The number of rotatable bonds is 4. The van der Waals surface area contributed by atoms with Crippen LogP contribution in [0.15, 0.2) is 45.3 Å². The number of carbonyl (C=O) groups excluding carboxylic acids is 1. The molecule has 0 spiro atoms. The van der Waals surface area contributed by atoms with Crippen LogP contribution < -0.4 is 15.8 Å². The van der Waals surface area contributed by atoms with Crippen LogP contribution >= 0.6 is 44.1 Å². The summed E-state index contributed by atoms with van der Waals surface area (Å²) < 4.78 is 7.20. The highest BCUT2D eigenvalue weighted by atomic mass is 79.9. The molecule has 120 valence electrons. The first-order valence-electron chi connectivity index (χ1n) is 6.65. The number of amides is 1. The number of nitrogens with two attached hydrogens (primary N) is 1. The number of thiocarbonyl (C=S) groups is 1. The summed E-state index contributed by atoms with van der Waals surface area (Å²) in [5, 5.41) is 2.32. The molecule has 0 heterocycles. The van der Waals surface area contributed by atoms with Gasteiger partial charge in [-0.05, 0) is 74.3 Å². The van der Waals surface area contributed by atoms with Crippen molar-refractivity contribution in [3.05, 3.63) is 62.0 Å². The van der Waals surface area contributed by atoms with Crippen molar-refractivity contribution in [3.63, 3.8) is 0 Å². The fourth-order valence-corrected chi connectivity index (χ4v) is 3.44. The van der Waals surface area contributed by atoms with Crippen LogP contribution in [0.3, 0.4) is 0 Å². The number of hydrogen-bond acceptors (Lipinski definition) is 3. The van der Waals surface area contributed by atoms with Crippen LogP contribution in [-0.4, -0.2) is 11.0 Å². The molecule has 7 heteroatoms. The van der Waals surface area contributed by atoms with E-state index in [4.69, 9.17) is 10.5 Å². The van der Waals surface area contributed by atoms with Crippen molar-refractivity contribution in [3.8, 4) is 5.75 Å². The Kier molecular flexibility index (Phi) is 6.15. The van der Waals surface area contributed by atoms with Crippen LogP contribution in [0.4, 0.5) is 0 Å². The Morgan fingerprint density at radius 2 is 1.87 bits per heavy atom. The summed E-state index contributed by atoms with van der Waals surface area (Å²) in [6.07, 6.45) is 0. The zero-order chi connectivity index (χ0) is 17.0. The lowest BCUT2D eigenvalue weighted by Crippen LogP contribution is -2.34. The highest BCUT2D eigenvalue weighted by molar-refractivity contribution is 9.11. The number of ether oxygens (including phenoxy) is 1. The molecular formula is C16H14Br2N2O2S. The minimum absolute atomic E-state index is 0.0675. The third kappa shape index (κ3) is 4.76. The molecular weight excluding hydrogens is 444 g/mol. The van der Waals surface area contributed by atoms with E-state index in [-0.39, 0.29) is 11.0 Å². The van der Waals surface area contributed by atoms with Gasteiger partial charge in [0.15, 0.2) is 5.11 Å². The number of halogens is 2. The zero-order valence-electron chi connectivity index (χ0n) is 12.2. The topological polar surface area (TPSA) is 64.3 Å². The number of hydrogen-bond donors (Lipinski definition) is 2. The molecule has 0 fully saturated rings. The number of benzene rings is 2. The van der Waals surface area contributed by atoms with Crippen LogP contribution in [0.2, 0.25) is 0 Å². The molecule has 2 aromatic rings. The Morgan fingerprint density at radius 1 is 1.26 bits per heavy atom. The second-order valence-electron chi connectivity index (χ2n) is 4.80. The predicted octanol–water partition coefficient (Wildman–Crippen LogP) is 4.07. The largest absolute Gasteiger partial charge is 0.487 e. The van der Waals surface area contributed by atoms with Gasteiger partial charge in [0.1, 0.15) is 12.4 Å². The molecule has 2 rings (SSSR count). The van der Waals surface area contributed by atoms with E-state index in [0.29, 0.717) is 26.9 Å². The molecule has 2 aromatic carbocycles. The lowest BCUT2D eigenvalue weighted by Gasteiger charge is -2.13. The maximum Gasteiger partial charge on any atom is 0.257 e. The second kappa shape index (κ2) is 7.90. The van der Waals surface area contributed by atoms with E-state index in [1.165, 1.54) is 0 Å². The van der Waals surface area contributed by atoms with Crippen molar-refractivity contribution in [2.75, 3.05) is 0 Å². The van der Waals surface area contributed by atoms with Crippen molar-refractivity contribution in [1.82, 2.24) is 5.32 Å².